The highest BCUT2D eigenvalue weighted by atomic mass is 35.5. The van der Waals surface area contributed by atoms with Crippen molar-refractivity contribution >= 4 is 44.8 Å². The zero-order chi connectivity index (χ0) is 31.1. The molecule has 2 amide bonds. The predicted molar refractivity (Wildman–Crippen MR) is 166 cm³/mol. The number of halogens is 1. The van der Waals surface area contributed by atoms with E-state index in [1.807, 2.05) is 30.3 Å². The first-order chi connectivity index (χ1) is 20.4. The minimum atomic E-state index is -4.08. The van der Waals surface area contributed by atoms with Crippen molar-refractivity contribution in [2.75, 3.05) is 17.1 Å². The Bertz CT molecular complexity index is 1580. The van der Waals surface area contributed by atoms with Crippen LogP contribution in [0.2, 0.25) is 5.02 Å². The Balaban J connectivity index is 1.77. The van der Waals surface area contributed by atoms with Gasteiger partial charge in [-0.15, -0.1) is 0 Å². The standard InChI is InChI=1S/C31H35ClN4O6S/c1-22-16-17-26(36(39)40)19-28(22)35(43(2,41)42)21-30(37)34(20-24-12-6-9-15-27(24)32)29(18-23-10-4-3-5-11-23)31(38)33-25-13-7-8-14-25/h3-6,9-12,15-17,19,25,29H,7-8,13-14,18,20-21H2,1-2H3,(H,33,38)/t29-/m0/s1. The summed E-state index contributed by atoms with van der Waals surface area (Å²) in [6, 6.07) is 19.1. The van der Waals surface area contributed by atoms with Crippen molar-refractivity contribution in [2.24, 2.45) is 0 Å². The molecule has 0 radical (unpaired) electrons. The van der Waals surface area contributed by atoms with Gasteiger partial charge in [-0.25, -0.2) is 8.42 Å². The molecule has 0 aliphatic heterocycles. The van der Waals surface area contributed by atoms with Gasteiger partial charge in [0.25, 0.3) is 5.69 Å². The van der Waals surface area contributed by atoms with Gasteiger partial charge in [0, 0.05) is 36.2 Å². The molecular weight excluding hydrogens is 592 g/mol. The minimum Gasteiger partial charge on any atom is -0.352 e. The van der Waals surface area contributed by atoms with Crippen LogP contribution < -0.4 is 9.62 Å². The molecule has 4 rings (SSSR count). The van der Waals surface area contributed by atoms with Crippen LogP contribution in [0.25, 0.3) is 0 Å². The number of rotatable bonds is 12. The number of non-ortho nitro benzene ring substituents is 1. The van der Waals surface area contributed by atoms with Crippen molar-refractivity contribution in [3.05, 3.63) is 105 Å². The van der Waals surface area contributed by atoms with Gasteiger partial charge in [-0.05, 0) is 42.5 Å². The van der Waals surface area contributed by atoms with Gasteiger partial charge < -0.3 is 10.2 Å². The highest BCUT2D eigenvalue weighted by molar-refractivity contribution is 7.92. The first kappa shape index (κ1) is 32.0. The number of amides is 2. The van der Waals surface area contributed by atoms with E-state index in [1.165, 1.54) is 17.0 Å². The summed E-state index contributed by atoms with van der Waals surface area (Å²) < 4.78 is 26.9. The summed E-state index contributed by atoms with van der Waals surface area (Å²) in [5, 5.41) is 15.0. The van der Waals surface area contributed by atoms with Crippen LogP contribution in [0.1, 0.15) is 42.4 Å². The number of sulfonamides is 1. The molecule has 0 heterocycles. The normalized spacial score (nSPS) is 14.2. The zero-order valence-electron chi connectivity index (χ0n) is 24.1. The first-order valence-electron chi connectivity index (χ1n) is 14.0. The van der Waals surface area contributed by atoms with Gasteiger partial charge in [-0.1, -0.05) is 79.0 Å². The molecule has 228 valence electrons. The Labute approximate surface area is 256 Å². The fourth-order valence-corrected chi connectivity index (χ4v) is 6.40. The van der Waals surface area contributed by atoms with Crippen LogP contribution in [0.15, 0.2) is 72.8 Å². The average Bonchev–Trinajstić information content (AvgIpc) is 3.47. The monoisotopic (exact) mass is 626 g/mol. The summed E-state index contributed by atoms with van der Waals surface area (Å²) in [6.45, 7) is 0.878. The van der Waals surface area contributed by atoms with Crippen LogP contribution in [-0.4, -0.2) is 54.9 Å². The van der Waals surface area contributed by atoms with Crippen LogP contribution in [0, 0.1) is 17.0 Å². The minimum absolute atomic E-state index is 0.0110. The van der Waals surface area contributed by atoms with Crippen molar-refractivity contribution in [3.63, 3.8) is 0 Å². The molecule has 0 spiro atoms. The third-order valence-electron chi connectivity index (χ3n) is 7.62. The molecule has 1 saturated carbocycles. The lowest BCUT2D eigenvalue weighted by Crippen LogP contribution is -2.54. The quantitative estimate of drug-likeness (QED) is 0.222. The topological polar surface area (TPSA) is 130 Å². The van der Waals surface area contributed by atoms with Crippen LogP contribution in [0.3, 0.4) is 0 Å². The van der Waals surface area contributed by atoms with E-state index < -0.39 is 33.4 Å². The van der Waals surface area contributed by atoms with Crippen molar-refractivity contribution in [2.45, 2.75) is 57.7 Å². The summed E-state index contributed by atoms with van der Waals surface area (Å²) in [4.78, 5) is 40.4. The second kappa shape index (κ2) is 14.0. The van der Waals surface area contributed by atoms with Crippen molar-refractivity contribution in [1.82, 2.24) is 10.2 Å². The number of hydrogen-bond donors (Lipinski definition) is 1. The van der Waals surface area contributed by atoms with Crippen molar-refractivity contribution in [3.8, 4) is 0 Å². The maximum absolute atomic E-state index is 14.3. The van der Waals surface area contributed by atoms with Gasteiger partial charge in [0.15, 0.2) is 0 Å². The van der Waals surface area contributed by atoms with Gasteiger partial charge in [0.1, 0.15) is 12.6 Å². The summed E-state index contributed by atoms with van der Waals surface area (Å²) in [5.74, 6) is -0.993. The lowest BCUT2D eigenvalue weighted by Gasteiger charge is -2.34. The molecule has 1 aliphatic rings. The summed E-state index contributed by atoms with van der Waals surface area (Å²) in [7, 11) is -4.08. The molecule has 10 nitrogen and oxygen atoms in total. The Hall–Kier alpha value is -3.96. The molecule has 1 atom stereocenters. The lowest BCUT2D eigenvalue weighted by molar-refractivity contribution is -0.384. The second-order valence-corrected chi connectivity index (χ2v) is 13.1. The fraction of sp³-hybridized carbons (Fsp3) is 0.355. The Kier molecular flexibility index (Phi) is 10.4. The number of carbonyl (C=O) groups is 2. The maximum Gasteiger partial charge on any atom is 0.271 e. The van der Waals surface area contributed by atoms with E-state index in [9.17, 15) is 28.1 Å². The molecule has 43 heavy (non-hydrogen) atoms. The van der Waals surface area contributed by atoms with E-state index in [0.29, 0.717) is 16.1 Å². The number of nitro benzene ring substituents is 1. The third kappa shape index (κ3) is 8.32. The molecule has 3 aromatic rings. The van der Waals surface area contributed by atoms with E-state index in [2.05, 4.69) is 5.32 Å². The van der Waals surface area contributed by atoms with Gasteiger partial charge in [0.05, 0.1) is 16.9 Å². The number of nitrogens with zero attached hydrogens (tertiary/aromatic N) is 3. The molecule has 12 heteroatoms. The lowest BCUT2D eigenvalue weighted by atomic mass is 10.0. The highest BCUT2D eigenvalue weighted by Gasteiger charge is 2.35. The number of hydrogen-bond acceptors (Lipinski definition) is 6. The Morgan fingerprint density at radius 1 is 1.05 bits per heavy atom. The van der Waals surface area contributed by atoms with Crippen molar-refractivity contribution < 1.29 is 22.9 Å². The molecule has 0 unspecified atom stereocenters. The Morgan fingerprint density at radius 2 is 1.70 bits per heavy atom. The summed E-state index contributed by atoms with van der Waals surface area (Å²) in [6.07, 6.45) is 4.81. The van der Waals surface area contributed by atoms with E-state index in [-0.39, 0.29) is 36.3 Å². The van der Waals surface area contributed by atoms with Gasteiger partial charge in [-0.3, -0.25) is 24.0 Å². The van der Waals surface area contributed by atoms with Crippen LogP contribution in [0.5, 0.6) is 0 Å². The smallest absolute Gasteiger partial charge is 0.271 e. The van der Waals surface area contributed by atoms with Gasteiger partial charge in [0.2, 0.25) is 21.8 Å². The number of benzene rings is 3. The van der Waals surface area contributed by atoms with Crippen LogP contribution in [0.4, 0.5) is 11.4 Å². The van der Waals surface area contributed by atoms with E-state index in [1.54, 1.807) is 31.2 Å². The third-order valence-corrected chi connectivity index (χ3v) is 9.12. The molecule has 1 fully saturated rings. The molecule has 1 aliphatic carbocycles. The molecule has 1 N–H and O–H groups in total. The zero-order valence-corrected chi connectivity index (χ0v) is 25.7. The summed E-state index contributed by atoms with van der Waals surface area (Å²) >= 11 is 6.49. The van der Waals surface area contributed by atoms with Crippen molar-refractivity contribution in [1.29, 1.82) is 0 Å². The predicted octanol–water partition coefficient (Wildman–Crippen LogP) is 5.02. The van der Waals surface area contributed by atoms with Gasteiger partial charge in [-0.2, -0.15) is 0 Å². The highest BCUT2D eigenvalue weighted by Crippen LogP contribution is 2.29. The number of nitro groups is 1. The maximum atomic E-state index is 14.3. The van der Waals surface area contributed by atoms with E-state index in [4.69, 9.17) is 11.6 Å². The second-order valence-electron chi connectivity index (χ2n) is 10.8. The summed E-state index contributed by atoms with van der Waals surface area (Å²) in [5.41, 5.74) is 1.54. The van der Waals surface area contributed by atoms with E-state index in [0.717, 1.165) is 47.9 Å². The molecule has 0 saturated heterocycles. The molecule has 3 aromatic carbocycles. The number of anilines is 1. The van der Waals surface area contributed by atoms with Crippen LogP contribution in [-0.2, 0) is 32.6 Å². The SMILES string of the molecule is Cc1ccc([N+](=O)[O-])cc1N(CC(=O)N(Cc1ccccc1Cl)[C@@H](Cc1ccccc1)C(=O)NC1CCCC1)S(C)(=O)=O. The molecule has 0 bridgehead atoms. The number of nitrogens with one attached hydrogen (secondary N) is 1. The largest absolute Gasteiger partial charge is 0.352 e. The number of aryl methyl sites for hydroxylation is 1. The van der Waals surface area contributed by atoms with E-state index >= 15 is 0 Å². The Morgan fingerprint density at radius 3 is 2.33 bits per heavy atom. The molecule has 0 aromatic heterocycles. The first-order valence-corrected chi connectivity index (χ1v) is 16.3. The average molecular weight is 627 g/mol. The van der Waals surface area contributed by atoms with Crippen LogP contribution >= 0.6 is 11.6 Å². The fourth-order valence-electron chi connectivity index (χ4n) is 5.31. The molecular formula is C31H35ClN4O6S. The number of carbonyl (C=O) groups excluding carboxylic acids is 2. The van der Waals surface area contributed by atoms with Gasteiger partial charge >= 0.3 is 0 Å².